The highest BCUT2D eigenvalue weighted by atomic mass is 16.5. The zero-order chi connectivity index (χ0) is 11.5. The molecule has 0 spiro atoms. The third-order valence-corrected chi connectivity index (χ3v) is 2.84. The number of carbonyl (C=O) groups excluding carboxylic acids is 1. The number of carbonyl (C=O) groups is 1. The zero-order valence-corrected chi connectivity index (χ0v) is 9.56. The van der Waals surface area contributed by atoms with Gasteiger partial charge in [0, 0.05) is 13.7 Å². The van der Waals surface area contributed by atoms with Gasteiger partial charge in [-0.1, -0.05) is 6.92 Å². The summed E-state index contributed by atoms with van der Waals surface area (Å²) in [6.07, 6.45) is 0.587. The monoisotopic (exact) mass is 224 g/mol. The molecule has 2 atom stereocenters. The molecule has 1 saturated heterocycles. The molecule has 0 aromatic carbocycles. The van der Waals surface area contributed by atoms with Crippen LogP contribution in [0.3, 0.4) is 0 Å². The quantitative estimate of drug-likeness (QED) is 0.734. The van der Waals surface area contributed by atoms with Gasteiger partial charge < -0.3 is 13.9 Å². The summed E-state index contributed by atoms with van der Waals surface area (Å²) in [5.74, 6) is 1.23. The number of methoxy groups -OCH3 is 1. The highest BCUT2D eigenvalue weighted by Crippen LogP contribution is 2.24. The Kier molecular flexibility index (Phi) is 3.41. The van der Waals surface area contributed by atoms with Crippen LogP contribution in [0.5, 0.6) is 0 Å². The Hall–Kier alpha value is -1.13. The van der Waals surface area contributed by atoms with E-state index in [1.807, 2.05) is 6.92 Å². The number of rotatable bonds is 4. The molecule has 1 aliphatic heterocycles. The second-order valence-corrected chi connectivity index (χ2v) is 4.12. The van der Waals surface area contributed by atoms with Gasteiger partial charge in [-0.25, -0.2) is 0 Å². The summed E-state index contributed by atoms with van der Waals surface area (Å²) < 4.78 is 15.7. The summed E-state index contributed by atoms with van der Waals surface area (Å²) in [7, 11) is 1.59. The molecule has 1 aromatic heterocycles. The van der Waals surface area contributed by atoms with Crippen molar-refractivity contribution in [2.75, 3.05) is 13.7 Å². The van der Waals surface area contributed by atoms with Gasteiger partial charge in [0.25, 0.3) is 0 Å². The van der Waals surface area contributed by atoms with Crippen molar-refractivity contribution in [3.05, 3.63) is 23.7 Å². The summed E-state index contributed by atoms with van der Waals surface area (Å²) in [6, 6.07) is 3.45. The zero-order valence-electron chi connectivity index (χ0n) is 9.56. The third-order valence-electron chi connectivity index (χ3n) is 2.84. The number of furan rings is 1. The summed E-state index contributed by atoms with van der Waals surface area (Å²) in [5.41, 5.74) is 0. The molecule has 16 heavy (non-hydrogen) atoms. The molecule has 1 fully saturated rings. The van der Waals surface area contributed by atoms with Crippen molar-refractivity contribution < 1.29 is 18.7 Å². The SMILES string of the molecule is COCc1ccc(C(=O)C2OCCC2C)o1. The lowest BCUT2D eigenvalue weighted by molar-refractivity contribution is 0.0547. The number of Topliss-reactive ketones (excluding diaryl/α,β-unsaturated/α-hetero) is 1. The Bertz CT molecular complexity index is 369. The van der Waals surface area contributed by atoms with E-state index in [0.29, 0.717) is 24.7 Å². The van der Waals surface area contributed by atoms with Crippen LogP contribution in [0.2, 0.25) is 0 Å². The molecular formula is C12H16O4. The molecular weight excluding hydrogens is 208 g/mol. The van der Waals surface area contributed by atoms with E-state index in [1.165, 1.54) is 0 Å². The van der Waals surface area contributed by atoms with E-state index in [0.717, 1.165) is 6.42 Å². The van der Waals surface area contributed by atoms with Gasteiger partial charge in [0.2, 0.25) is 5.78 Å². The molecule has 1 aromatic rings. The average Bonchev–Trinajstić information content (AvgIpc) is 2.87. The van der Waals surface area contributed by atoms with Crippen molar-refractivity contribution in [2.45, 2.75) is 26.1 Å². The fraction of sp³-hybridized carbons (Fsp3) is 0.583. The number of ketones is 1. The number of hydrogen-bond acceptors (Lipinski definition) is 4. The van der Waals surface area contributed by atoms with Crippen LogP contribution in [0.1, 0.15) is 29.7 Å². The molecule has 2 rings (SSSR count). The number of hydrogen-bond donors (Lipinski definition) is 0. The van der Waals surface area contributed by atoms with Crippen LogP contribution in [0, 0.1) is 5.92 Å². The third kappa shape index (κ3) is 2.18. The first-order valence-electron chi connectivity index (χ1n) is 5.46. The highest BCUT2D eigenvalue weighted by molar-refractivity contribution is 5.97. The van der Waals surface area contributed by atoms with Crippen molar-refractivity contribution in [1.29, 1.82) is 0 Å². The smallest absolute Gasteiger partial charge is 0.226 e. The van der Waals surface area contributed by atoms with Crippen molar-refractivity contribution >= 4 is 5.78 Å². The molecule has 0 N–H and O–H groups in total. The fourth-order valence-corrected chi connectivity index (χ4v) is 1.90. The Morgan fingerprint density at radius 2 is 2.38 bits per heavy atom. The maximum atomic E-state index is 12.0. The van der Waals surface area contributed by atoms with E-state index in [1.54, 1.807) is 19.2 Å². The maximum Gasteiger partial charge on any atom is 0.226 e. The average molecular weight is 224 g/mol. The van der Waals surface area contributed by atoms with Gasteiger partial charge in [-0.3, -0.25) is 4.79 Å². The summed E-state index contributed by atoms with van der Waals surface area (Å²) in [5, 5.41) is 0. The van der Waals surface area contributed by atoms with Crippen LogP contribution in [0.15, 0.2) is 16.5 Å². The van der Waals surface area contributed by atoms with Crippen LogP contribution in [-0.2, 0) is 16.1 Å². The lowest BCUT2D eigenvalue weighted by Gasteiger charge is -2.10. The maximum absolute atomic E-state index is 12.0. The van der Waals surface area contributed by atoms with Crippen LogP contribution in [0.4, 0.5) is 0 Å². The van der Waals surface area contributed by atoms with Gasteiger partial charge in [0.1, 0.15) is 18.5 Å². The molecule has 2 unspecified atom stereocenters. The normalized spacial score (nSPS) is 24.9. The molecule has 1 aliphatic rings. The minimum Gasteiger partial charge on any atom is -0.455 e. The largest absolute Gasteiger partial charge is 0.455 e. The first-order valence-corrected chi connectivity index (χ1v) is 5.46. The van der Waals surface area contributed by atoms with E-state index < -0.39 is 0 Å². The fourth-order valence-electron chi connectivity index (χ4n) is 1.90. The highest BCUT2D eigenvalue weighted by Gasteiger charge is 2.33. The minimum atomic E-state index is -0.346. The Morgan fingerprint density at radius 1 is 1.56 bits per heavy atom. The second kappa shape index (κ2) is 4.80. The van der Waals surface area contributed by atoms with Gasteiger partial charge in [-0.2, -0.15) is 0 Å². The second-order valence-electron chi connectivity index (χ2n) is 4.12. The van der Waals surface area contributed by atoms with Gasteiger partial charge in [0.15, 0.2) is 5.76 Å². The summed E-state index contributed by atoms with van der Waals surface area (Å²) >= 11 is 0. The van der Waals surface area contributed by atoms with Gasteiger partial charge in [-0.05, 0) is 24.5 Å². The van der Waals surface area contributed by atoms with Gasteiger partial charge in [-0.15, -0.1) is 0 Å². The molecule has 2 heterocycles. The van der Waals surface area contributed by atoms with E-state index >= 15 is 0 Å². The lowest BCUT2D eigenvalue weighted by atomic mass is 9.99. The standard InChI is InChI=1S/C12H16O4/c1-8-5-6-15-12(8)11(13)10-4-3-9(16-10)7-14-2/h3-4,8,12H,5-7H2,1-2H3. The first-order chi connectivity index (χ1) is 7.72. The summed E-state index contributed by atoms with van der Waals surface area (Å²) in [6.45, 7) is 3.06. The van der Waals surface area contributed by atoms with E-state index in [9.17, 15) is 4.79 Å². The molecule has 0 saturated carbocycles. The molecule has 0 amide bonds. The molecule has 4 heteroatoms. The van der Waals surface area contributed by atoms with Crippen molar-refractivity contribution in [3.63, 3.8) is 0 Å². The molecule has 0 radical (unpaired) electrons. The first kappa shape index (κ1) is 11.4. The Morgan fingerprint density at radius 3 is 3.00 bits per heavy atom. The Labute approximate surface area is 94.5 Å². The van der Waals surface area contributed by atoms with E-state index in [-0.39, 0.29) is 17.8 Å². The molecule has 0 aliphatic carbocycles. The summed E-state index contributed by atoms with van der Waals surface area (Å²) in [4.78, 5) is 12.0. The number of ether oxygens (including phenoxy) is 2. The van der Waals surface area contributed by atoms with Crippen molar-refractivity contribution in [1.82, 2.24) is 0 Å². The van der Waals surface area contributed by atoms with Gasteiger partial charge >= 0.3 is 0 Å². The van der Waals surface area contributed by atoms with Crippen LogP contribution in [-0.4, -0.2) is 25.6 Å². The molecule has 0 bridgehead atoms. The molecule has 88 valence electrons. The molecule has 4 nitrogen and oxygen atoms in total. The van der Waals surface area contributed by atoms with E-state index in [4.69, 9.17) is 13.9 Å². The predicted octanol–water partition coefficient (Wildman–Crippen LogP) is 2.03. The van der Waals surface area contributed by atoms with Gasteiger partial charge in [0.05, 0.1) is 0 Å². The minimum absolute atomic E-state index is 0.0626. The van der Waals surface area contributed by atoms with Crippen LogP contribution >= 0.6 is 0 Å². The van der Waals surface area contributed by atoms with Crippen molar-refractivity contribution in [3.8, 4) is 0 Å². The Balaban J connectivity index is 2.08. The van der Waals surface area contributed by atoms with Crippen LogP contribution in [0.25, 0.3) is 0 Å². The van der Waals surface area contributed by atoms with Crippen molar-refractivity contribution in [2.24, 2.45) is 5.92 Å². The van der Waals surface area contributed by atoms with Crippen LogP contribution < -0.4 is 0 Å². The van der Waals surface area contributed by atoms with E-state index in [2.05, 4.69) is 0 Å². The topological polar surface area (TPSA) is 48.7 Å². The lowest BCUT2D eigenvalue weighted by Crippen LogP contribution is -2.24. The predicted molar refractivity (Wildman–Crippen MR) is 57.3 cm³/mol.